The van der Waals surface area contributed by atoms with E-state index in [0.717, 1.165) is 40.7 Å². The minimum atomic E-state index is -0.0588. The van der Waals surface area contributed by atoms with Crippen LogP contribution in [0.1, 0.15) is 18.5 Å². The SMILES string of the molecule is Cc1nc(Nc2ccc3c(c2)OCC(=O)N3C)nc2c1ncn2CC1CC1. The van der Waals surface area contributed by atoms with Gasteiger partial charge < -0.3 is 19.5 Å². The van der Waals surface area contributed by atoms with Crippen molar-refractivity contribution in [2.24, 2.45) is 5.92 Å². The minimum absolute atomic E-state index is 0.0505. The molecule has 1 saturated carbocycles. The van der Waals surface area contributed by atoms with Gasteiger partial charge in [-0.2, -0.15) is 4.98 Å². The summed E-state index contributed by atoms with van der Waals surface area (Å²) >= 11 is 0. The molecule has 1 aliphatic heterocycles. The molecule has 8 nitrogen and oxygen atoms in total. The average molecular weight is 364 g/mol. The maximum absolute atomic E-state index is 11.7. The van der Waals surface area contributed by atoms with E-state index >= 15 is 0 Å². The number of imidazole rings is 1. The number of rotatable bonds is 4. The molecule has 1 fully saturated rings. The Balaban J connectivity index is 1.46. The lowest BCUT2D eigenvalue weighted by Crippen LogP contribution is -2.35. The Bertz CT molecular complexity index is 1060. The Labute approximate surface area is 156 Å². The fourth-order valence-corrected chi connectivity index (χ4v) is 3.34. The van der Waals surface area contributed by atoms with Crippen molar-refractivity contribution < 1.29 is 9.53 Å². The first-order valence-electron chi connectivity index (χ1n) is 9.08. The van der Waals surface area contributed by atoms with Crippen LogP contribution in [-0.4, -0.2) is 39.1 Å². The number of aryl methyl sites for hydroxylation is 1. The Hall–Kier alpha value is -3.16. The largest absolute Gasteiger partial charge is 0.481 e. The molecule has 0 atom stereocenters. The molecule has 3 heterocycles. The number of hydrogen-bond donors (Lipinski definition) is 1. The number of fused-ring (bicyclic) bond motifs is 2. The Morgan fingerprint density at radius 1 is 1.30 bits per heavy atom. The van der Waals surface area contributed by atoms with Crippen LogP contribution in [0.25, 0.3) is 11.2 Å². The molecule has 2 aliphatic rings. The highest BCUT2D eigenvalue weighted by molar-refractivity contribution is 5.97. The molecule has 0 unspecified atom stereocenters. The predicted molar refractivity (Wildman–Crippen MR) is 101 cm³/mol. The minimum Gasteiger partial charge on any atom is -0.481 e. The first-order chi connectivity index (χ1) is 13.1. The van der Waals surface area contributed by atoms with Gasteiger partial charge in [-0.1, -0.05) is 0 Å². The van der Waals surface area contributed by atoms with Gasteiger partial charge in [-0.05, 0) is 37.8 Å². The molecular weight excluding hydrogens is 344 g/mol. The van der Waals surface area contributed by atoms with Crippen LogP contribution in [-0.2, 0) is 11.3 Å². The van der Waals surface area contributed by atoms with Crippen molar-refractivity contribution in [1.29, 1.82) is 0 Å². The van der Waals surface area contributed by atoms with E-state index in [9.17, 15) is 4.79 Å². The number of aromatic nitrogens is 4. The summed E-state index contributed by atoms with van der Waals surface area (Å²) in [7, 11) is 1.75. The van der Waals surface area contributed by atoms with Gasteiger partial charge >= 0.3 is 0 Å². The molecule has 1 amide bonds. The number of likely N-dealkylation sites (N-methyl/N-ethyl adjacent to an activating group) is 1. The van der Waals surface area contributed by atoms with E-state index in [1.165, 1.54) is 12.8 Å². The van der Waals surface area contributed by atoms with E-state index in [0.29, 0.717) is 11.7 Å². The number of hydrogen-bond acceptors (Lipinski definition) is 6. The fraction of sp³-hybridized carbons (Fsp3) is 0.368. The summed E-state index contributed by atoms with van der Waals surface area (Å²) in [6.45, 7) is 2.95. The van der Waals surface area contributed by atoms with Crippen molar-refractivity contribution in [1.82, 2.24) is 19.5 Å². The Morgan fingerprint density at radius 3 is 2.96 bits per heavy atom. The Morgan fingerprint density at radius 2 is 2.15 bits per heavy atom. The molecular formula is C19H20N6O2. The van der Waals surface area contributed by atoms with Gasteiger partial charge in [-0.15, -0.1) is 0 Å². The van der Waals surface area contributed by atoms with E-state index in [2.05, 4.69) is 24.8 Å². The number of benzene rings is 1. The molecule has 2 aromatic heterocycles. The summed E-state index contributed by atoms with van der Waals surface area (Å²) < 4.78 is 7.66. The van der Waals surface area contributed by atoms with Crippen molar-refractivity contribution in [3.63, 3.8) is 0 Å². The third-order valence-electron chi connectivity index (χ3n) is 5.09. The van der Waals surface area contributed by atoms with E-state index < -0.39 is 0 Å². The van der Waals surface area contributed by atoms with Gasteiger partial charge in [0.05, 0.1) is 17.7 Å². The van der Waals surface area contributed by atoms with Crippen molar-refractivity contribution in [2.75, 3.05) is 23.9 Å². The molecule has 0 radical (unpaired) electrons. The van der Waals surface area contributed by atoms with Crippen molar-refractivity contribution in [3.05, 3.63) is 30.2 Å². The number of ether oxygens (including phenoxy) is 1. The fourth-order valence-electron chi connectivity index (χ4n) is 3.34. The van der Waals surface area contributed by atoms with Gasteiger partial charge in [0.2, 0.25) is 5.95 Å². The van der Waals surface area contributed by atoms with Gasteiger partial charge in [-0.25, -0.2) is 9.97 Å². The first kappa shape index (κ1) is 16.0. The lowest BCUT2D eigenvalue weighted by molar-refractivity contribution is -0.120. The second-order valence-corrected chi connectivity index (χ2v) is 7.19. The maximum Gasteiger partial charge on any atom is 0.264 e. The summed E-state index contributed by atoms with van der Waals surface area (Å²) in [5.74, 6) is 1.87. The topological polar surface area (TPSA) is 85.2 Å². The highest BCUT2D eigenvalue weighted by Gasteiger charge is 2.24. The standard InChI is InChI=1S/C19H20N6O2/c1-11-17-18(25(10-20-17)8-12-3-4-12)23-19(21-11)22-13-5-6-14-15(7-13)27-9-16(26)24(14)2/h5-7,10,12H,3-4,8-9H2,1-2H3,(H,21,22,23). The van der Waals surface area contributed by atoms with Crippen LogP contribution in [0.5, 0.6) is 5.75 Å². The first-order valence-corrected chi connectivity index (χ1v) is 9.08. The summed E-state index contributed by atoms with van der Waals surface area (Å²) in [6, 6.07) is 5.61. The van der Waals surface area contributed by atoms with Crippen LogP contribution < -0.4 is 15.0 Å². The van der Waals surface area contributed by atoms with Crippen LogP contribution in [0.2, 0.25) is 0 Å². The zero-order valence-corrected chi connectivity index (χ0v) is 15.3. The van der Waals surface area contributed by atoms with Crippen molar-refractivity contribution in [3.8, 4) is 5.75 Å². The van der Waals surface area contributed by atoms with Gasteiger partial charge in [0.15, 0.2) is 12.3 Å². The lowest BCUT2D eigenvalue weighted by atomic mass is 10.2. The highest BCUT2D eigenvalue weighted by atomic mass is 16.5. The monoisotopic (exact) mass is 364 g/mol. The van der Waals surface area contributed by atoms with Crippen LogP contribution >= 0.6 is 0 Å². The van der Waals surface area contributed by atoms with Gasteiger partial charge in [0, 0.05) is 25.3 Å². The van der Waals surface area contributed by atoms with Crippen LogP contribution in [0.15, 0.2) is 24.5 Å². The van der Waals surface area contributed by atoms with Crippen molar-refractivity contribution >= 4 is 34.4 Å². The number of carbonyl (C=O) groups excluding carboxylic acids is 1. The summed E-state index contributed by atoms with van der Waals surface area (Å²) in [6.07, 6.45) is 4.41. The molecule has 0 bridgehead atoms. The zero-order chi connectivity index (χ0) is 18.5. The highest BCUT2D eigenvalue weighted by Crippen LogP contribution is 2.35. The van der Waals surface area contributed by atoms with Gasteiger partial charge in [-0.3, -0.25) is 4.79 Å². The third kappa shape index (κ3) is 2.87. The number of amides is 1. The molecule has 0 saturated heterocycles. The number of nitrogens with zero attached hydrogens (tertiary/aromatic N) is 5. The third-order valence-corrected chi connectivity index (χ3v) is 5.09. The smallest absolute Gasteiger partial charge is 0.264 e. The second kappa shape index (κ2) is 5.94. The molecule has 8 heteroatoms. The van der Waals surface area contributed by atoms with E-state index in [1.54, 1.807) is 11.9 Å². The molecule has 5 rings (SSSR count). The quantitative estimate of drug-likeness (QED) is 0.766. The zero-order valence-electron chi connectivity index (χ0n) is 15.3. The lowest BCUT2D eigenvalue weighted by Gasteiger charge is -2.26. The van der Waals surface area contributed by atoms with Crippen LogP contribution in [0.4, 0.5) is 17.3 Å². The summed E-state index contributed by atoms with van der Waals surface area (Å²) in [5, 5.41) is 3.25. The van der Waals surface area contributed by atoms with Gasteiger partial charge in [0.1, 0.15) is 11.3 Å². The van der Waals surface area contributed by atoms with E-state index in [-0.39, 0.29) is 12.5 Å². The normalized spacial score (nSPS) is 16.4. The molecule has 27 heavy (non-hydrogen) atoms. The van der Waals surface area contributed by atoms with Gasteiger partial charge in [0.25, 0.3) is 5.91 Å². The molecule has 1 aromatic carbocycles. The van der Waals surface area contributed by atoms with Crippen molar-refractivity contribution in [2.45, 2.75) is 26.3 Å². The molecule has 3 aromatic rings. The predicted octanol–water partition coefficient (Wildman–Crippen LogP) is 2.64. The number of anilines is 3. The number of nitrogens with one attached hydrogen (secondary N) is 1. The summed E-state index contributed by atoms with van der Waals surface area (Å²) in [4.78, 5) is 27.0. The maximum atomic E-state index is 11.7. The molecule has 1 N–H and O–H groups in total. The van der Waals surface area contributed by atoms with Crippen LogP contribution in [0, 0.1) is 12.8 Å². The second-order valence-electron chi connectivity index (χ2n) is 7.19. The Kier molecular flexibility index (Phi) is 3.53. The van der Waals surface area contributed by atoms with E-state index in [4.69, 9.17) is 4.74 Å². The molecule has 1 aliphatic carbocycles. The molecule has 138 valence electrons. The van der Waals surface area contributed by atoms with Crippen LogP contribution in [0.3, 0.4) is 0 Å². The number of carbonyl (C=O) groups is 1. The average Bonchev–Trinajstić information content (AvgIpc) is 3.38. The van der Waals surface area contributed by atoms with E-state index in [1.807, 2.05) is 31.5 Å². The molecule has 0 spiro atoms. The summed E-state index contributed by atoms with van der Waals surface area (Å²) in [5.41, 5.74) is 4.11.